The van der Waals surface area contributed by atoms with Gasteiger partial charge in [0.05, 0.1) is 12.4 Å². The van der Waals surface area contributed by atoms with E-state index in [1.807, 2.05) is 4.90 Å². The van der Waals surface area contributed by atoms with Gasteiger partial charge in [0.2, 0.25) is 5.91 Å². The van der Waals surface area contributed by atoms with Gasteiger partial charge < -0.3 is 10.0 Å². The number of aliphatic hydroxyl groups excluding tert-OH is 1. The molecule has 1 aliphatic rings. The maximum atomic E-state index is 11.6. The molecule has 3 nitrogen and oxygen atoms in total. The van der Waals surface area contributed by atoms with E-state index in [0.717, 1.165) is 19.5 Å². The predicted molar refractivity (Wildman–Crippen MR) is 59.4 cm³/mol. The van der Waals surface area contributed by atoms with Gasteiger partial charge in [0.25, 0.3) is 0 Å². The van der Waals surface area contributed by atoms with E-state index in [1.165, 1.54) is 18.2 Å². The smallest absolute Gasteiger partial charge is 0.232 e. The van der Waals surface area contributed by atoms with E-state index in [9.17, 15) is 4.79 Å². The van der Waals surface area contributed by atoms with E-state index < -0.39 is 0 Å². The topological polar surface area (TPSA) is 40.5 Å². The summed E-state index contributed by atoms with van der Waals surface area (Å²) in [7, 11) is 0. The SMILES string of the molecule is CC1CCCN(C(=O)CSCCO)C1. The molecule has 1 aliphatic heterocycles. The van der Waals surface area contributed by atoms with Crippen molar-refractivity contribution in [1.29, 1.82) is 0 Å². The van der Waals surface area contributed by atoms with E-state index in [-0.39, 0.29) is 12.5 Å². The molecule has 1 heterocycles. The molecular formula is C10H19NO2S. The van der Waals surface area contributed by atoms with E-state index in [0.29, 0.717) is 17.4 Å². The molecule has 0 radical (unpaired) electrons. The second kappa shape index (κ2) is 6.30. The molecule has 4 heteroatoms. The number of carbonyl (C=O) groups is 1. The number of amides is 1. The lowest BCUT2D eigenvalue weighted by Gasteiger charge is -2.30. The minimum Gasteiger partial charge on any atom is -0.396 e. The fraction of sp³-hybridized carbons (Fsp3) is 0.900. The fourth-order valence-electron chi connectivity index (χ4n) is 1.73. The zero-order valence-corrected chi connectivity index (χ0v) is 9.55. The van der Waals surface area contributed by atoms with Crippen molar-refractivity contribution in [3.63, 3.8) is 0 Å². The maximum Gasteiger partial charge on any atom is 0.232 e. The van der Waals surface area contributed by atoms with Crippen molar-refractivity contribution < 1.29 is 9.90 Å². The summed E-state index contributed by atoms with van der Waals surface area (Å²) >= 11 is 1.52. The van der Waals surface area contributed by atoms with Crippen LogP contribution in [-0.2, 0) is 4.79 Å². The third-order valence-electron chi connectivity index (χ3n) is 2.47. The van der Waals surface area contributed by atoms with Crippen LogP contribution in [0.25, 0.3) is 0 Å². The minimum atomic E-state index is 0.161. The second-order valence-corrected chi connectivity index (χ2v) is 4.97. The quantitative estimate of drug-likeness (QED) is 0.713. The molecule has 1 saturated heterocycles. The summed E-state index contributed by atoms with van der Waals surface area (Å²) < 4.78 is 0. The molecule has 0 saturated carbocycles. The molecular weight excluding hydrogens is 198 g/mol. The van der Waals surface area contributed by atoms with Crippen molar-refractivity contribution >= 4 is 17.7 Å². The van der Waals surface area contributed by atoms with Gasteiger partial charge in [-0.1, -0.05) is 6.92 Å². The average molecular weight is 217 g/mol. The molecule has 1 atom stereocenters. The molecule has 0 aliphatic carbocycles. The zero-order valence-electron chi connectivity index (χ0n) is 8.74. The summed E-state index contributed by atoms with van der Waals surface area (Å²) in [6.45, 7) is 4.19. The molecule has 0 aromatic rings. The number of likely N-dealkylation sites (tertiary alicyclic amines) is 1. The highest BCUT2D eigenvalue weighted by atomic mass is 32.2. The highest BCUT2D eigenvalue weighted by Gasteiger charge is 2.20. The summed E-state index contributed by atoms with van der Waals surface area (Å²) in [5, 5.41) is 8.59. The highest BCUT2D eigenvalue weighted by Crippen LogP contribution is 2.16. The van der Waals surface area contributed by atoms with Crippen LogP contribution in [0, 0.1) is 5.92 Å². The molecule has 0 aromatic carbocycles. The van der Waals surface area contributed by atoms with Crippen LogP contribution >= 0.6 is 11.8 Å². The molecule has 1 rings (SSSR count). The Morgan fingerprint density at radius 2 is 2.43 bits per heavy atom. The van der Waals surface area contributed by atoms with Gasteiger partial charge >= 0.3 is 0 Å². The summed E-state index contributed by atoms with van der Waals surface area (Å²) in [6, 6.07) is 0. The lowest BCUT2D eigenvalue weighted by Crippen LogP contribution is -2.40. The van der Waals surface area contributed by atoms with Crippen LogP contribution in [0.3, 0.4) is 0 Å². The first-order valence-electron chi connectivity index (χ1n) is 5.20. The lowest BCUT2D eigenvalue weighted by atomic mass is 10.0. The van der Waals surface area contributed by atoms with Gasteiger partial charge in [0.15, 0.2) is 0 Å². The third-order valence-corrected chi connectivity index (χ3v) is 3.39. The van der Waals surface area contributed by atoms with Crippen LogP contribution in [0.1, 0.15) is 19.8 Å². The van der Waals surface area contributed by atoms with E-state index >= 15 is 0 Å². The Hall–Kier alpha value is -0.220. The molecule has 0 aromatic heterocycles. The maximum absolute atomic E-state index is 11.6. The third kappa shape index (κ3) is 3.88. The van der Waals surface area contributed by atoms with Gasteiger partial charge in [-0.15, -0.1) is 11.8 Å². The van der Waals surface area contributed by atoms with Crippen LogP contribution < -0.4 is 0 Å². The largest absolute Gasteiger partial charge is 0.396 e. The molecule has 0 spiro atoms. The Bertz CT molecular complexity index is 187. The normalized spacial score (nSPS) is 22.4. The van der Waals surface area contributed by atoms with Crippen molar-refractivity contribution in [2.75, 3.05) is 31.2 Å². The van der Waals surface area contributed by atoms with Crippen LogP contribution in [0.15, 0.2) is 0 Å². The first-order chi connectivity index (χ1) is 6.74. The first-order valence-corrected chi connectivity index (χ1v) is 6.36. The Morgan fingerprint density at radius 1 is 1.64 bits per heavy atom. The molecule has 82 valence electrons. The first kappa shape index (κ1) is 11.9. The molecule has 1 unspecified atom stereocenters. The molecule has 1 fully saturated rings. The summed E-state index contributed by atoms with van der Waals surface area (Å²) in [4.78, 5) is 13.6. The van der Waals surface area contributed by atoms with Crippen molar-refractivity contribution in [2.45, 2.75) is 19.8 Å². The Labute approximate surface area is 89.9 Å². The van der Waals surface area contributed by atoms with Crippen molar-refractivity contribution in [2.24, 2.45) is 5.92 Å². The van der Waals surface area contributed by atoms with Gasteiger partial charge in [0.1, 0.15) is 0 Å². The van der Waals surface area contributed by atoms with Gasteiger partial charge in [-0.25, -0.2) is 0 Å². The van der Waals surface area contributed by atoms with Crippen LogP contribution in [0.2, 0.25) is 0 Å². The number of nitrogens with zero attached hydrogens (tertiary/aromatic N) is 1. The van der Waals surface area contributed by atoms with E-state index in [4.69, 9.17) is 5.11 Å². The number of carbonyl (C=O) groups excluding carboxylic acids is 1. The molecule has 0 bridgehead atoms. The average Bonchev–Trinajstić information content (AvgIpc) is 2.18. The van der Waals surface area contributed by atoms with Crippen LogP contribution in [0.5, 0.6) is 0 Å². The lowest BCUT2D eigenvalue weighted by molar-refractivity contribution is -0.130. The van der Waals surface area contributed by atoms with Gasteiger partial charge in [-0.2, -0.15) is 0 Å². The number of aliphatic hydroxyl groups is 1. The van der Waals surface area contributed by atoms with E-state index in [1.54, 1.807) is 0 Å². The summed E-state index contributed by atoms with van der Waals surface area (Å²) in [5.41, 5.74) is 0. The number of rotatable bonds is 4. The molecule has 14 heavy (non-hydrogen) atoms. The highest BCUT2D eigenvalue weighted by molar-refractivity contribution is 7.99. The number of piperidine rings is 1. The number of hydrogen-bond donors (Lipinski definition) is 1. The fourth-order valence-corrected chi connectivity index (χ4v) is 2.36. The standard InChI is InChI=1S/C10H19NO2S/c1-9-3-2-4-11(7-9)10(13)8-14-6-5-12/h9,12H,2-8H2,1H3. The van der Waals surface area contributed by atoms with Gasteiger partial charge in [-0.3, -0.25) is 4.79 Å². The summed E-state index contributed by atoms with van der Waals surface area (Å²) in [6.07, 6.45) is 2.38. The molecule has 1 N–H and O–H groups in total. The summed E-state index contributed by atoms with van der Waals surface area (Å²) in [5.74, 6) is 2.06. The minimum absolute atomic E-state index is 0.161. The van der Waals surface area contributed by atoms with Crippen LogP contribution in [-0.4, -0.2) is 47.1 Å². The van der Waals surface area contributed by atoms with E-state index in [2.05, 4.69) is 6.92 Å². The number of hydrogen-bond acceptors (Lipinski definition) is 3. The second-order valence-electron chi connectivity index (χ2n) is 3.86. The predicted octanol–water partition coefficient (Wildman–Crippen LogP) is 0.970. The Balaban J connectivity index is 2.22. The van der Waals surface area contributed by atoms with Crippen molar-refractivity contribution in [1.82, 2.24) is 4.90 Å². The van der Waals surface area contributed by atoms with Gasteiger partial charge in [-0.05, 0) is 18.8 Å². The molecule has 1 amide bonds. The Kier molecular flexibility index (Phi) is 5.33. The Morgan fingerprint density at radius 3 is 3.07 bits per heavy atom. The zero-order chi connectivity index (χ0) is 10.4. The van der Waals surface area contributed by atoms with Crippen molar-refractivity contribution in [3.8, 4) is 0 Å². The van der Waals surface area contributed by atoms with Crippen molar-refractivity contribution in [3.05, 3.63) is 0 Å². The van der Waals surface area contributed by atoms with Gasteiger partial charge in [0, 0.05) is 18.8 Å². The van der Waals surface area contributed by atoms with Crippen LogP contribution in [0.4, 0.5) is 0 Å². The monoisotopic (exact) mass is 217 g/mol. The number of thioether (sulfide) groups is 1.